The Kier molecular flexibility index (Phi) is 4.30. The lowest BCUT2D eigenvalue weighted by Crippen LogP contribution is -1.87. The molecule has 0 amide bonds. The molecule has 2 rings (SSSR count). The summed E-state index contributed by atoms with van der Waals surface area (Å²) in [6.07, 6.45) is 0. The van der Waals surface area contributed by atoms with Crippen LogP contribution in [0.25, 0.3) is 11.1 Å². The van der Waals surface area contributed by atoms with Gasteiger partial charge in [0.2, 0.25) is 0 Å². The first-order valence-electron chi connectivity index (χ1n) is 4.69. The van der Waals surface area contributed by atoms with Crippen LogP contribution in [0, 0.1) is 5.82 Å². The van der Waals surface area contributed by atoms with Crippen molar-refractivity contribution in [1.82, 2.24) is 0 Å². The van der Waals surface area contributed by atoms with Gasteiger partial charge in [-0.15, -0.1) is 0 Å². The van der Waals surface area contributed by atoms with E-state index in [1.54, 1.807) is 6.07 Å². The van der Waals surface area contributed by atoms with Crippen molar-refractivity contribution in [3.63, 3.8) is 0 Å². The Bertz CT molecular complexity index is 569. The summed E-state index contributed by atoms with van der Waals surface area (Å²) in [5.74, 6) is -0.633. The van der Waals surface area contributed by atoms with Gasteiger partial charge in [0, 0.05) is 21.2 Å². The van der Waals surface area contributed by atoms with Crippen LogP contribution in [-0.2, 0) is 0 Å². The van der Waals surface area contributed by atoms with E-state index in [1.165, 1.54) is 12.1 Å². The van der Waals surface area contributed by atoms with Crippen LogP contribution in [0.4, 0.5) is 4.39 Å². The fraction of sp³-hybridized carbons (Fsp3) is 0. The summed E-state index contributed by atoms with van der Waals surface area (Å²) < 4.78 is 13.5. The monoisotopic (exact) mass is 342 g/mol. The Hall–Kier alpha value is -0.180. The van der Waals surface area contributed by atoms with E-state index in [2.05, 4.69) is 0 Å². The third-order valence-corrected chi connectivity index (χ3v) is 3.90. The summed E-state index contributed by atoms with van der Waals surface area (Å²) >= 11 is 29.6. The first-order valence-corrected chi connectivity index (χ1v) is 6.58. The normalized spacial score (nSPS) is 10.8. The maximum Gasteiger partial charge on any atom is 0.143 e. The van der Waals surface area contributed by atoms with Crippen molar-refractivity contribution in [3.05, 3.63) is 55.2 Å². The Morgan fingerprint density at radius 3 is 1.78 bits per heavy atom. The van der Waals surface area contributed by atoms with Gasteiger partial charge in [0.15, 0.2) is 0 Å². The van der Waals surface area contributed by atoms with Crippen molar-refractivity contribution >= 4 is 58.0 Å². The van der Waals surface area contributed by atoms with E-state index in [-0.39, 0.29) is 20.1 Å². The van der Waals surface area contributed by atoms with Gasteiger partial charge in [-0.1, -0.05) is 58.0 Å². The molecule has 0 aromatic heterocycles. The van der Waals surface area contributed by atoms with Crippen LogP contribution < -0.4 is 0 Å². The van der Waals surface area contributed by atoms with Crippen LogP contribution in [-0.4, -0.2) is 0 Å². The van der Waals surface area contributed by atoms with E-state index in [4.69, 9.17) is 58.0 Å². The summed E-state index contributed by atoms with van der Waals surface area (Å²) in [5, 5.41) is 0.995. The molecule has 0 spiro atoms. The molecule has 0 nitrogen and oxygen atoms in total. The van der Waals surface area contributed by atoms with Crippen molar-refractivity contribution in [2.45, 2.75) is 0 Å². The average Bonchev–Trinajstić information content (AvgIpc) is 2.28. The zero-order valence-electron chi connectivity index (χ0n) is 8.58. The summed E-state index contributed by atoms with van der Waals surface area (Å²) in [6, 6.07) is 5.66. The third-order valence-electron chi connectivity index (χ3n) is 2.28. The van der Waals surface area contributed by atoms with E-state index in [1.807, 2.05) is 0 Å². The maximum atomic E-state index is 13.5. The lowest BCUT2D eigenvalue weighted by Gasteiger charge is -2.10. The second kappa shape index (κ2) is 5.44. The van der Waals surface area contributed by atoms with E-state index in [0.29, 0.717) is 16.1 Å². The molecule has 18 heavy (non-hydrogen) atoms. The van der Waals surface area contributed by atoms with Gasteiger partial charge in [-0.2, -0.15) is 0 Å². The zero-order chi connectivity index (χ0) is 13.4. The standard InChI is InChI=1S/C12H4Cl5F/c13-5-1-7(11(16)9(15)3-5)8-2-6(14)4-10(18)12(8)17/h1-4H. The highest BCUT2D eigenvalue weighted by Gasteiger charge is 2.15. The quantitative estimate of drug-likeness (QED) is 0.501. The van der Waals surface area contributed by atoms with E-state index < -0.39 is 5.82 Å². The maximum absolute atomic E-state index is 13.5. The smallest absolute Gasteiger partial charge is 0.143 e. The van der Waals surface area contributed by atoms with Gasteiger partial charge in [0.05, 0.1) is 15.1 Å². The van der Waals surface area contributed by atoms with Crippen LogP contribution in [0.3, 0.4) is 0 Å². The van der Waals surface area contributed by atoms with Gasteiger partial charge in [0.25, 0.3) is 0 Å². The largest absolute Gasteiger partial charge is 0.205 e. The van der Waals surface area contributed by atoms with Crippen molar-refractivity contribution in [3.8, 4) is 11.1 Å². The number of hydrogen-bond acceptors (Lipinski definition) is 0. The molecule has 2 aromatic rings. The van der Waals surface area contributed by atoms with E-state index in [0.717, 1.165) is 6.07 Å². The van der Waals surface area contributed by atoms with E-state index >= 15 is 0 Å². The second-order valence-corrected chi connectivity index (χ2v) is 5.53. The molecule has 0 saturated carbocycles. The van der Waals surface area contributed by atoms with Gasteiger partial charge in [-0.05, 0) is 24.3 Å². The van der Waals surface area contributed by atoms with Gasteiger partial charge in [0.1, 0.15) is 5.82 Å². The minimum atomic E-state index is -0.633. The van der Waals surface area contributed by atoms with Crippen molar-refractivity contribution in [2.75, 3.05) is 0 Å². The minimum Gasteiger partial charge on any atom is -0.205 e. The summed E-state index contributed by atoms with van der Waals surface area (Å²) in [5.41, 5.74) is 0.775. The molecule has 6 heteroatoms. The van der Waals surface area contributed by atoms with Gasteiger partial charge in [-0.25, -0.2) is 4.39 Å². The van der Waals surface area contributed by atoms with Crippen LogP contribution in [0.1, 0.15) is 0 Å². The van der Waals surface area contributed by atoms with Crippen LogP contribution in [0.5, 0.6) is 0 Å². The van der Waals surface area contributed by atoms with Crippen molar-refractivity contribution in [1.29, 1.82) is 0 Å². The molecule has 2 aromatic carbocycles. The molecule has 0 atom stereocenters. The van der Waals surface area contributed by atoms with E-state index in [9.17, 15) is 4.39 Å². The lowest BCUT2D eigenvalue weighted by atomic mass is 10.1. The molecular weight excluding hydrogens is 340 g/mol. The molecule has 0 radical (unpaired) electrons. The third kappa shape index (κ3) is 2.71. The lowest BCUT2D eigenvalue weighted by molar-refractivity contribution is 0.629. The fourth-order valence-corrected chi connectivity index (χ4v) is 2.62. The number of hydrogen-bond donors (Lipinski definition) is 0. The zero-order valence-corrected chi connectivity index (χ0v) is 12.4. The molecule has 0 heterocycles. The Balaban J connectivity index is 2.77. The topological polar surface area (TPSA) is 0 Å². The molecule has 0 N–H and O–H groups in total. The molecule has 0 fully saturated rings. The van der Waals surface area contributed by atoms with Crippen LogP contribution >= 0.6 is 58.0 Å². The van der Waals surface area contributed by atoms with Crippen LogP contribution in [0.2, 0.25) is 25.1 Å². The highest BCUT2D eigenvalue weighted by molar-refractivity contribution is 6.45. The molecular formula is C12H4Cl5F. The Morgan fingerprint density at radius 1 is 0.667 bits per heavy atom. The molecule has 0 unspecified atom stereocenters. The highest BCUT2D eigenvalue weighted by atomic mass is 35.5. The summed E-state index contributed by atoms with van der Waals surface area (Å²) in [6.45, 7) is 0. The predicted molar refractivity (Wildman–Crippen MR) is 76.9 cm³/mol. The number of benzene rings is 2. The molecule has 0 aliphatic heterocycles. The first-order chi connectivity index (χ1) is 8.40. The summed E-state index contributed by atoms with van der Waals surface area (Å²) in [4.78, 5) is 0. The number of rotatable bonds is 1. The summed E-state index contributed by atoms with van der Waals surface area (Å²) in [7, 11) is 0. The molecule has 94 valence electrons. The van der Waals surface area contributed by atoms with Gasteiger partial charge >= 0.3 is 0 Å². The minimum absolute atomic E-state index is 0.0837. The van der Waals surface area contributed by atoms with Crippen molar-refractivity contribution < 1.29 is 4.39 Å². The first kappa shape index (κ1) is 14.2. The van der Waals surface area contributed by atoms with Gasteiger partial charge < -0.3 is 0 Å². The second-order valence-electron chi connectivity index (χ2n) is 3.50. The molecule has 0 aliphatic carbocycles. The predicted octanol–water partition coefficient (Wildman–Crippen LogP) is 6.76. The highest BCUT2D eigenvalue weighted by Crippen LogP contribution is 2.41. The number of halogens is 6. The van der Waals surface area contributed by atoms with Crippen LogP contribution in [0.15, 0.2) is 24.3 Å². The van der Waals surface area contributed by atoms with Gasteiger partial charge in [-0.3, -0.25) is 0 Å². The SMILES string of the molecule is Fc1cc(Cl)cc(-c2cc(Cl)cc(Cl)c2Cl)c1Cl. The fourth-order valence-electron chi connectivity index (χ4n) is 1.50. The van der Waals surface area contributed by atoms with Crippen molar-refractivity contribution in [2.24, 2.45) is 0 Å². The Labute approximate surface area is 128 Å². The average molecular weight is 344 g/mol. The molecule has 0 aliphatic rings. The molecule has 0 saturated heterocycles. The Morgan fingerprint density at radius 2 is 1.17 bits per heavy atom. The molecule has 0 bridgehead atoms.